The van der Waals surface area contributed by atoms with Gasteiger partial charge in [-0.05, 0) is 44.9 Å². The maximum absolute atomic E-state index is 11.2. The molecule has 0 N–H and O–H groups in total. The van der Waals surface area contributed by atoms with Crippen LogP contribution in [0, 0.1) is 6.92 Å². The molecule has 0 saturated carbocycles. The van der Waals surface area contributed by atoms with Crippen molar-refractivity contribution in [3.05, 3.63) is 75.2 Å². The Labute approximate surface area is 229 Å². The molecule has 0 aliphatic carbocycles. The van der Waals surface area contributed by atoms with Crippen LogP contribution in [-0.4, -0.2) is 29.8 Å². The molecule has 0 radical (unpaired) electrons. The van der Waals surface area contributed by atoms with Crippen molar-refractivity contribution in [3.8, 4) is 0 Å². The molecule has 2 heterocycles. The number of fused-ring (bicyclic) bond motifs is 2. The summed E-state index contributed by atoms with van der Waals surface area (Å²) in [6, 6.07) is 10.1. The van der Waals surface area contributed by atoms with E-state index in [4.69, 9.17) is 23.2 Å². The van der Waals surface area contributed by atoms with Gasteiger partial charge in [-0.15, -0.1) is 0 Å². The first kappa shape index (κ1) is 27.7. The molecule has 37 heavy (non-hydrogen) atoms. The summed E-state index contributed by atoms with van der Waals surface area (Å²) in [5, 5.41) is 1.05. The molecule has 0 fully saturated rings. The van der Waals surface area contributed by atoms with Crippen molar-refractivity contribution in [2.45, 2.75) is 59.5 Å². The number of imidazole rings is 1. The zero-order valence-electron chi connectivity index (χ0n) is 21.9. The van der Waals surface area contributed by atoms with Crippen LogP contribution in [0.5, 0.6) is 0 Å². The first-order valence-corrected chi connectivity index (χ1v) is 14.8. The minimum Gasteiger partial charge on any atom is -0.748 e. The van der Waals surface area contributed by atoms with Crippen LogP contribution in [0.15, 0.2) is 48.2 Å². The summed E-state index contributed by atoms with van der Waals surface area (Å²) in [4.78, 5) is 2.15. The van der Waals surface area contributed by atoms with E-state index < -0.39 is 10.1 Å². The van der Waals surface area contributed by atoms with Crippen molar-refractivity contribution in [2.75, 3.05) is 17.2 Å². The molecule has 1 aromatic heterocycles. The molecule has 198 valence electrons. The molecule has 9 heteroatoms. The van der Waals surface area contributed by atoms with Gasteiger partial charge in [-0.25, -0.2) is 17.6 Å². The summed E-state index contributed by atoms with van der Waals surface area (Å²) in [5.74, 6) is 0.648. The molecule has 0 saturated heterocycles. The second-order valence-corrected chi connectivity index (χ2v) is 12.3. The number of allylic oxidation sites excluding steroid dienone is 3. The Morgan fingerprint density at radius 2 is 1.81 bits per heavy atom. The van der Waals surface area contributed by atoms with Crippen molar-refractivity contribution >= 4 is 56.1 Å². The third kappa shape index (κ3) is 5.32. The first-order chi connectivity index (χ1) is 17.4. The monoisotopic (exact) mass is 561 g/mol. The molecule has 0 spiro atoms. The van der Waals surface area contributed by atoms with E-state index in [2.05, 4.69) is 79.0 Å². The first-order valence-electron chi connectivity index (χ1n) is 12.5. The SMILES string of the molecule is CCn1c(/C=C/C=C2/N(CCCS(=O)(=O)[O-])c3ccc(C)cc3C2(C)C)[n+](CC)c2cc(Cl)c(Cl)cc21. The summed E-state index contributed by atoms with van der Waals surface area (Å²) >= 11 is 12.7. The van der Waals surface area contributed by atoms with Crippen LogP contribution in [0.2, 0.25) is 10.0 Å². The third-order valence-electron chi connectivity index (χ3n) is 7.11. The van der Waals surface area contributed by atoms with Gasteiger partial charge in [0.05, 0.1) is 33.3 Å². The lowest BCUT2D eigenvalue weighted by atomic mass is 9.83. The van der Waals surface area contributed by atoms with E-state index >= 15 is 0 Å². The highest BCUT2D eigenvalue weighted by Gasteiger charge is 2.39. The van der Waals surface area contributed by atoms with Gasteiger partial charge in [-0.2, -0.15) is 0 Å². The highest BCUT2D eigenvalue weighted by atomic mass is 35.5. The topological polar surface area (TPSA) is 69.2 Å². The van der Waals surface area contributed by atoms with Crippen LogP contribution in [0.25, 0.3) is 17.1 Å². The van der Waals surface area contributed by atoms with Crippen LogP contribution >= 0.6 is 23.2 Å². The van der Waals surface area contributed by atoms with Crippen LogP contribution < -0.4 is 9.47 Å². The number of benzene rings is 2. The molecule has 0 bridgehead atoms. The molecular weight excluding hydrogens is 529 g/mol. The molecule has 6 nitrogen and oxygen atoms in total. The van der Waals surface area contributed by atoms with Crippen molar-refractivity contribution in [2.24, 2.45) is 0 Å². The van der Waals surface area contributed by atoms with E-state index in [0.29, 0.717) is 16.6 Å². The number of aromatic nitrogens is 2. The maximum Gasteiger partial charge on any atom is 0.282 e. The summed E-state index contributed by atoms with van der Waals surface area (Å²) in [5.41, 5.74) is 6.22. The Morgan fingerprint density at radius 3 is 2.46 bits per heavy atom. The predicted octanol–water partition coefficient (Wildman–Crippen LogP) is 6.21. The molecule has 0 amide bonds. The fourth-order valence-corrected chi connectivity index (χ4v) is 6.15. The summed E-state index contributed by atoms with van der Waals surface area (Å²) in [6.45, 7) is 12.6. The highest BCUT2D eigenvalue weighted by Crippen LogP contribution is 2.48. The van der Waals surface area contributed by atoms with Crippen LogP contribution in [0.4, 0.5) is 5.69 Å². The van der Waals surface area contributed by atoms with Crippen molar-refractivity contribution in [1.29, 1.82) is 0 Å². The zero-order chi connectivity index (χ0) is 27.1. The van der Waals surface area contributed by atoms with Crippen molar-refractivity contribution in [1.82, 2.24) is 4.57 Å². The maximum atomic E-state index is 11.2. The lowest BCUT2D eigenvalue weighted by molar-refractivity contribution is -0.670. The summed E-state index contributed by atoms with van der Waals surface area (Å²) in [7, 11) is -4.27. The minimum atomic E-state index is -4.27. The number of hydrogen-bond donors (Lipinski definition) is 0. The second-order valence-electron chi connectivity index (χ2n) is 9.93. The van der Waals surface area contributed by atoms with E-state index in [1.165, 1.54) is 11.1 Å². The van der Waals surface area contributed by atoms with Crippen LogP contribution in [-0.2, 0) is 28.6 Å². The Kier molecular flexibility index (Phi) is 7.82. The molecule has 4 rings (SSSR count). The van der Waals surface area contributed by atoms with Gasteiger partial charge < -0.3 is 9.45 Å². The smallest absolute Gasteiger partial charge is 0.282 e. The predicted molar refractivity (Wildman–Crippen MR) is 151 cm³/mol. The number of aryl methyl sites for hydroxylation is 3. The van der Waals surface area contributed by atoms with E-state index in [0.717, 1.165) is 41.3 Å². The fourth-order valence-electron chi connectivity index (χ4n) is 5.35. The van der Waals surface area contributed by atoms with E-state index in [9.17, 15) is 13.0 Å². The molecule has 0 unspecified atom stereocenters. The average Bonchev–Trinajstić information content (AvgIpc) is 3.21. The number of nitrogens with zero attached hydrogens (tertiary/aromatic N) is 3. The van der Waals surface area contributed by atoms with E-state index in [1.807, 2.05) is 18.2 Å². The van der Waals surface area contributed by atoms with Gasteiger partial charge in [0.1, 0.15) is 0 Å². The van der Waals surface area contributed by atoms with E-state index in [1.54, 1.807) is 0 Å². The standard InChI is InChI=1S/C28H33Cl2N3O3S/c1-6-31-24-17-21(29)22(30)18-25(24)32(7-2)27(31)11-8-10-26-28(4,5)20-16-19(3)12-13-23(20)33(26)14-9-15-37(34,35)36/h8,10-13,16-18H,6-7,9,14-15H2,1-5H3. The fraction of sp³-hybridized carbons (Fsp3) is 0.393. The normalized spacial score (nSPS) is 16.4. The second kappa shape index (κ2) is 10.4. The van der Waals surface area contributed by atoms with E-state index in [-0.39, 0.29) is 17.6 Å². The molecule has 0 atom stereocenters. The third-order valence-corrected chi connectivity index (χ3v) is 8.62. The largest absolute Gasteiger partial charge is 0.748 e. The average molecular weight is 563 g/mol. The minimum absolute atomic E-state index is 0.262. The van der Waals surface area contributed by atoms with Gasteiger partial charge >= 0.3 is 0 Å². The zero-order valence-corrected chi connectivity index (χ0v) is 24.2. The number of anilines is 1. The molecule has 3 aromatic rings. The lowest BCUT2D eigenvalue weighted by Gasteiger charge is -2.27. The van der Waals surface area contributed by atoms with Gasteiger partial charge in [0, 0.05) is 47.3 Å². The lowest BCUT2D eigenvalue weighted by Crippen LogP contribution is -2.35. The number of halogens is 2. The van der Waals surface area contributed by atoms with Crippen LogP contribution in [0.3, 0.4) is 0 Å². The molecule has 2 aromatic carbocycles. The Bertz CT molecular complexity index is 1470. The van der Waals surface area contributed by atoms with Gasteiger partial charge in [-0.1, -0.05) is 60.8 Å². The number of hydrogen-bond acceptors (Lipinski definition) is 4. The van der Waals surface area contributed by atoms with Crippen LogP contribution in [0.1, 0.15) is 51.1 Å². The Hall–Kier alpha value is -2.32. The van der Waals surface area contributed by atoms with Gasteiger partial charge in [-0.3, -0.25) is 0 Å². The van der Waals surface area contributed by atoms with Crippen molar-refractivity contribution in [3.63, 3.8) is 0 Å². The Balaban J connectivity index is 1.78. The summed E-state index contributed by atoms with van der Waals surface area (Å²) in [6.07, 6.45) is 6.49. The molecule has 1 aliphatic rings. The number of rotatable bonds is 8. The van der Waals surface area contributed by atoms with Gasteiger partial charge in [0.15, 0.2) is 11.0 Å². The van der Waals surface area contributed by atoms with Gasteiger partial charge in [0.2, 0.25) is 0 Å². The summed E-state index contributed by atoms with van der Waals surface area (Å²) < 4.78 is 38.2. The van der Waals surface area contributed by atoms with Crippen molar-refractivity contribution < 1.29 is 17.5 Å². The quantitative estimate of drug-likeness (QED) is 0.242. The highest BCUT2D eigenvalue weighted by molar-refractivity contribution is 7.85. The van der Waals surface area contributed by atoms with Gasteiger partial charge in [0.25, 0.3) is 5.82 Å². The Morgan fingerprint density at radius 1 is 1.11 bits per heavy atom. The molecular formula is C28H33Cl2N3O3S. The molecule has 1 aliphatic heterocycles.